The molecule has 0 aliphatic carbocycles. The van der Waals surface area contributed by atoms with Crippen LogP contribution in [-0.4, -0.2) is 12.2 Å². The Morgan fingerprint density at radius 1 is 1.50 bits per heavy atom. The van der Waals surface area contributed by atoms with Gasteiger partial charge >= 0.3 is 6.09 Å². The van der Waals surface area contributed by atoms with Crippen LogP contribution in [0.25, 0.3) is 0 Å². The van der Waals surface area contributed by atoms with Gasteiger partial charge in [0.25, 0.3) is 0 Å². The van der Waals surface area contributed by atoms with Crippen molar-refractivity contribution in [2.45, 2.75) is 26.4 Å². The Morgan fingerprint density at radius 2 is 2.19 bits per heavy atom. The van der Waals surface area contributed by atoms with Gasteiger partial charge in [-0.05, 0) is 25.5 Å². The Labute approximate surface area is 92.4 Å². The van der Waals surface area contributed by atoms with E-state index in [9.17, 15) is 13.6 Å². The van der Waals surface area contributed by atoms with Crippen molar-refractivity contribution in [3.05, 3.63) is 29.8 Å². The zero-order valence-corrected chi connectivity index (χ0v) is 9.09. The van der Waals surface area contributed by atoms with Crippen LogP contribution in [0.3, 0.4) is 0 Å². The van der Waals surface area contributed by atoms with E-state index in [1.807, 2.05) is 6.92 Å². The molecule has 0 bridgehead atoms. The molecule has 1 aromatic carbocycles. The van der Waals surface area contributed by atoms with E-state index >= 15 is 0 Å². The maximum atomic E-state index is 13.1. The van der Waals surface area contributed by atoms with Crippen LogP contribution in [-0.2, 0) is 4.74 Å². The number of ether oxygens (including phenoxy) is 1. The maximum absolute atomic E-state index is 13.1. The molecule has 1 unspecified atom stereocenters. The van der Waals surface area contributed by atoms with E-state index in [0.717, 1.165) is 12.1 Å². The van der Waals surface area contributed by atoms with Crippen molar-refractivity contribution in [3.8, 4) is 0 Å². The number of carbonyl (C=O) groups is 1. The molecule has 0 heterocycles. The monoisotopic (exact) mass is 229 g/mol. The van der Waals surface area contributed by atoms with Crippen molar-refractivity contribution in [2.75, 3.05) is 5.32 Å². The van der Waals surface area contributed by atoms with Crippen molar-refractivity contribution in [1.82, 2.24) is 0 Å². The van der Waals surface area contributed by atoms with E-state index in [1.165, 1.54) is 0 Å². The van der Waals surface area contributed by atoms with Crippen molar-refractivity contribution >= 4 is 11.8 Å². The molecule has 1 N–H and O–H groups in total. The fourth-order valence-electron chi connectivity index (χ4n) is 0.996. The lowest BCUT2D eigenvalue weighted by atomic mass is 10.3. The summed E-state index contributed by atoms with van der Waals surface area (Å²) in [6, 6.07) is 2.89. The van der Waals surface area contributed by atoms with E-state index in [1.54, 1.807) is 6.92 Å². The average Bonchev–Trinajstić information content (AvgIpc) is 2.22. The Bertz CT molecular complexity index is 382. The number of benzene rings is 1. The summed E-state index contributed by atoms with van der Waals surface area (Å²) < 4.78 is 30.6. The van der Waals surface area contributed by atoms with E-state index in [-0.39, 0.29) is 11.8 Å². The first-order valence-electron chi connectivity index (χ1n) is 4.95. The predicted octanol–water partition coefficient (Wildman–Crippen LogP) is 3.31. The third-order valence-electron chi connectivity index (χ3n) is 2.05. The Kier molecular flexibility index (Phi) is 4.22. The molecule has 0 fully saturated rings. The Hall–Kier alpha value is -1.65. The molecule has 1 amide bonds. The van der Waals surface area contributed by atoms with Gasteiger partial charge in [0.05, 0.1) is 5.69 Å². The Balaban J connectivity index is 2.63. The second-order valence-corrected chi connectivity index (χ2v) is 3.37. The van der Waals surface area contributed by atoms with Crippen molar-refractivity contribution in [2.24, 2.45) is 0 Å². The summed E-state index contributed by atoms with van der Waals surface area (Å²) in [6.45, 7) is 3.58. The molecule has 5 heteroatoms. The van der Waals surface area contributed by atoms with Crippen molar-refractivity contribution in [3.63, 3.8) is 0 Å². The molecule has 1 rings (SSSR count). The maximum Gasteiger partial charge on any atom is 0.411 e. The molecule has 0 radical (unpaired) electrons. The van der Waals surface area contributed by atoms with Gasteiger partial charge < -0.3 is 4.74 Å². The van der Waals surface area contributed by atoms with Crippen molar-refractivity contribution < 1.29 is 18.3 Å². The van der Waals surface area contributed by atoms with Gasteiger partial charge in [0.2, 0.25) is 0 Å². The molecular weight excluding hydrogens is 216 g/mol. The number of anilines is 1. The third-order valence-corrected chi connectivity index (χ3v) is 2.05. The minimum absolute atomic E-state index is 0.102. The van der Waals surface area contributed by atoms with Crippen LogP contribution in [0, 0.1) is 11.6 Å². The molecular formula is C11H13F2NO2. The van der Waals surface area contributed by atoms with Crippen LogP contribution in [0.1, 0.15) is 20.3 Å². The molecule has 0 aromatic heterocycles. The summed E-state index contributed by atoms with van der Waals surface area (Å²) >= 11 is 0. The predicted molar refractivity (Wildman–Crippen MR) is 56.2 cm³/mol. The summed E-state index contributed by atoms with van der Waals surface area (Å²) in [5, 5.41) is 2.20. The first kappa shape index (κ1) is 12.4. The number of hydrogen-bond donors (Lipinski definition) is 1. The van der Waals surface area contributed by atoms with Gasteiger partial charge in [-0.15, -0.1) is 0 Å². The van der Waals surface area contributed by atoms with Crippen LogP contribution in [0.15, 0.2) is 18.2 Å². The molecule has 1 atom stereocenters. The van der Waals surface area contributed by atoms with Crippen LogP contribution in [0.2, 0.25) is 0 Å². The summed E-state index contributed by atoms with van der Waals surface area (Å²) in [5.41, 5.74) is -0.102. The molecule has 0 saturated carbocycles. The number of amides is 1. The van der Waals surface area contributed by atoms with Crippen molar-refractivity contribution in [1.29, 1.82) is 0 Å². The highest BCUT2D eigenvalue weighted by Gasteiger charge is 2.10. The van der Waals surface area contributed by atoms with Gasteiger partial charge in [0.15, 0.2) is 0 Å². The minimum Gasteiger partial charge on any atom is -0.446 e. The molecule has 88 valence electrons. The van der Waals surface area contributed by atoms with Crippen LogP contribution in [0.4, 0.5) is 19.3 Å². The Morgan fingerprint density at radius 3 is 2.75 bits per heavy atom. The molecule has 0 saturated heterocycles. The third kappa shape index (κ3) is 3.49. The lowest BCUT2D eigenvalue weighted by Crippen LogP contribution is -2.20. The molecule has 0 spiro atoms. The summed E-state index contributed by atoms with van der Waals surface area (Å²) in [4.78, 5) is 11.2. The normalized spacial score (nSPS) is 12.0. The second kappa shape index (κ2) is 5.44. The van der Waals surface area contributed by atoms with Gasteiger partial charge in [-0.3, -0.25) is 5.32 Å². The first-order chi connectivity index (χ1) is 7.52. The molecule has 1 aromatic rings. The van der Waals surface area contributed by atoms with E-state index in [2.05, 4.69) is 5.32 Å². The molecule has 0 aliphatic heterocycles. The topological polar surface area (TPSA) is 38.3 Å². The zero-order chi connectivity index (χ0) is 12.1. The van der Waals surface area contributed by atoms with Gasteiger partial charge in [-0.1, -0.05) is 6.92 Å². The summed E-state index contributed by atoms with van der Waals surface area (Å²) in [5.74, 6) is -1.53. The van der Waals surface area contributed by atoms with Gasteiger partial charge in [0.1, 0.15) is 17.7 Å². The quantitative estimate of drug-likeness (QED) is 0.863. The van der Waals surface area contributed by atoms with Gasteiger partial charge in [-0.25, -0.2) is 13.6 Å². The molecule has 16 heavy (non-hydrogen) atoms. The first-order valence-corrected chi connectivity index (χ1v) is 4.95. The summed E-state index contributed by atoms with van der Waals surface area (Å²) in [7, 11) is 0. The fraction of sp³-hybridized carbons (Fsp3) is 0.364. The van der Waals surface area contributed by atoms with E-state index < -0.39 is 17.7 Å². The highest BCUT2D eigenvalue weighted by molar-refractivity contribution is 5.84. The lowest BCUT2D eigenvalue weighted by Gasteiger charge is -2.12. The molecule has 3 nitrogen and oxygen atoms in total. The zero-order valence-electron chi connectivity index (χ0n) is 9.09. The second-order valence-electron chi connectivity index (χ2n) is 3.37. The highest BCUT2D eigenvalue weighted by atomic mass is 19.1. The largest absolute Gasteiger partial charge is 0.446 e. The lowest BCUT2D eigenvalue weighted by molar-refractivity contribution is 0.118. The smallest absolute Gasteiger partial charge is 0.411 e. The number of rotatable bonds is 3. The fourth-order valence-corrected chi connectivity index (χ4v) is 0.996. The van der Waals surface area contributed by atoms with E-state index in [0.29, 0.717) is 12.5 Å². The summed E-state index contributed by atoms with van der Waals surface area (Å²) in [6.07, 6.45) is -0.331. The SMILES string of the molecule is CCC(C)OC(=O)Nc1ccc(F)cc1F. The van der Waals surface area contributed by atoms with Gasteiger partial charge in [0, 0.05) is 6.07 Å². The van der Waals surface area contributed by atoms with Crippen LogP contribution in [0.5, 0.6) is 0 Å². The van der Waals surface area contributed by atoms with Crippen LogP contribution < -0.4 is 5.32 Å². The number of hydrogen-bond acceptors (Lipinski definition) is 2. The minimum atomic E-state index is -0.832. The number of halogens is 2. The average molecular weight is 229 g/mol. The number of carbonyl (C=O) groups excluding carboxylic acids is 1. The highest BCUT2D eigenvalue weighted by Crippen LogP contribution is 2.15. The van der Waals surface area contributed by atoms with Crippen LogP contribution >= 0.6 is 0 Å². The molecule has 0 aliphatic rings. The standard InChI is InChI=1S/C11H13F2NO2/c1-3-7(2)16-11(15)14-10-5-4-8(12)6-9(10)13/h4-7H,3H2,1-2H3,(H,14,15). The van der Waals surface area contributed by atoms with E-state index in [4.69, 9.17) is 4.74 Å². The van der Waals surface area contributed by atoms with Gasteiger partial charge in [-0.2, -0.15) is 0 Å². The number of nitrogens with one attached hydrogen (secondary N) is 1.